The molecule has 0 saturated carbocycles. The molecule has 4 heteroatoms. The molecule has 1 aromatic heterocycles. The van der Waals surface area contributed by atoms with Gasteiger partial charge in [-0.1, -0.05) is 36.4 Å². The lowest BCUT2D eigenvalue weighted by molar-refractivity contribution is 0.325. The van der Waals surface area contributed by atoms with Gasteiger partial charge in [0.1, 0.15) is 5.82 Å². The Balaban J connectivity index is 1.66. The summed E-state index contributed by atoms with van der Waals surface area (Å²) in [5, 5.41) is 3.13. The van der Waals surface area contributed by atoms with E-state index in [-0.39, 0.29) is 0 Å². The standard InChI is InChI=1S/C16H20FN3/c1-20(13-14-7-3-2-4-8-14)12-6-11-18-16-10-5-9-15(17)19-16/h2-5,7-10H,6,11-13H2,1H3,(H,18,19). The molecule has 0 spiro atoms. The van der Waals surface area contributed by atoms with E-state index in [1.165, 1.54) is 11.6 Å². The molecule has 0 saturated heterocycles. The number of pyridine rings is 1. The first-order chi connectivity index (χ1) is 9.74. The molecule has 0 bridgehead atoms. The fraction of sp³-hybridized carbons (Fsp3) is 0.312. The molecule has 0 aliphatic carbocycles. The highest BCUT2D eigenvalue weighted by Gasteiger charge is 2.00. The summed E-state index contributed by atoms with van der Waals surface area (Å²) < 4.78 is 12.9. The Bertz CT molecular complexity index is 516. The topological polar surface area (TPSA) is 28.2 Å². The van der Waals surface area contributed by atoms with Crippen LogP contribution in [-0.4, -0.2) is 30.0 Å². The number of hydrogen-bond donors (Lipinski definition) is 1. The molecule has 0 atom stereocenters. The fourth-order valence-corrected chi connectivity index (χ4v) is 2.05. The third-order valence-electron chi connectivity index (χ3n) is 3.03. The summed E-state index contributed by atoms with van der Waals surface area (Å²) in [5.41, 5.74) is 1.31. The monoisotopic (exact) mass is 273 g/mol. The van der Waals surface area contributed by atoms with Gasteiger partial charge in [0, 0.05) is 13.1 Å². The average molecular weight is 273 g/mol. The zero-order valence-electron chi connectivity index (χ0n) is 11.7. The third kappa shape index (κ3) is 4.97. The van der Waals surface area contributed by atoms with Gasteiger partial charge in [0.25, 0.3) is 0 Å². The van der Waals surface area contributed by atoms with Crippen molar-refractivity contribution in [3.8, 4) is 0 Å². The highest BCUT2D eigenvalue weighted by Crippen LogP contribution is 2.05. The van der Waals surface area contributed by atoms with E-state index in [4.69, 9.17) is 0 Å². The Labute approximate surface area is 119 Å². The Morgan fingerprint density at radius 1 is 1.10 bits per heavy atom. The summed E-state index contributed by atoms with van der Waals surface area (Å²) in [6.07, 6.45) is 0.988. The molecule has 1 heterocycles. The van der Waals surface area contributed by atoms with Crippen LogP contribution >= 0.6 is 0 Å². The maximum absolute atomic E-state index is 12.9. The summed E-state index contributed by atoms with van der Waals surface area (Å²) in [4.78, 5) is 6.04. The van der Waals surface area contributed by atoms with Gasteiger partial charge in [-0.15, -0.1) is 0 Å². The van der Waals surface area contributed by atoms with Crippen molar-refractivity contribution in [1.82, 2.24) is 9.88 Å². The summed E-state index contributed by atoms with van der Waals surface area (Å²) in [5.74, 6) is 0.145. The van der Waals surface area contributed by atoms with Gasteiger partial charge >= 0.3 is 0 Å². The number of anilines is 1. The van der Waals surface area contributed by atoms with Crippen molar-refractivity contribution in [2.45, 2.75) is 13.0 Å². The predicted octanol–water partition coefficient (Wildman–Crippen LogP) is 3.15. The van der Waals surface area contributed by atoms with Crippen LogP contribution in [0.2, 0.25) is 0 Å². The average Bonchev–Trinajstić information content (AvgIpc) is 2.45. The highest BCUT2D eigenvalue weighted by atomic mass is 19.1. The molecule has 20 heavy (non-hydrogen) atoms. The molecule has 1 N–H and O–H groups in total. The van der Waals surface area contributed by atoms with Crippen LogP contribution in [0.5, 0.6) is 0 Å². The first-order valence-electron chi connectivity index (χ1n) is 6.83. The van der Waals surface area contributed by atoms with Crippen LogP contribution < -0.4 is 5.32 Å². The second kappa shape index (κ2) is 7.60. The zero-order valence-corrected chi connectivity index (χ0v) is 11.7. The molecular formula is C16H20FN3. The van der Waals surface area contributed by atoms with Crippen LogP contribution in [0.3, 0.4) is 0 Å². The highest BCUT2D eigenvalue weighted by molar-refractivity contribution is 5.33. The summed E-state index contributed by atoms with van der Waals surface area (Å²) >= 11 is 0. The maximum atomic E-state index is 12.9. The van der Waals surface area contributed by atoms with E-state index in [2.05, 4.69) is 46.5 Å². The van der Waals surface area contributed by atoms with E-state index in [1.54, 1.807) is 12.1 Å². The molecule has 2 rings (SSSR count). The Hall–Kier alpha value is -1.94. The van der Waals surface area contributed by atoms with Crippen LogP contribution in [0.25, 0.3) is 0 Å². The number of nitrogens with one attached hydrogen (secondary N) is 1. The Morgan fingerprint density at radius 2 is 1.90 bits per heavy atom. The number of nitrogens with zero attached hydrogens (tertiary/aromatic N) is 2. The van der Waals surface area contributed by atoms with Crippen molar-refractivity contribution in [2.24, 2.45) is 0 Å². The van der Waals surface area contributed by atoms with E-state index in [1.807, 2.05) is 6.07 Å². The summed E-state index contributed by atoms with van der Waals surface area (Å²) in [6, 6.07) is 15.2. The molecule has 0 unspecified atom stereocenters. The van der Waals surface area contributed by atoms with Crippen molar-refractivity contribution in [3.05, 3.63) is 60.0 Å². The molecule has 0 fully saturated rings. The van der Waals surface area contributed by atoms with Crippen molar-refractivity contribution < 1.29 is 4.39 Å². The van der Waals surface area contributed by atoms with E-state index in [0.717, 1.165) is 26.1 Å². The van der Waals surface area contributed by atoms with Crippen molar-refractivity contribution in [2.75, 3.05) is 25.5 Å². The van der Waals surface area contributed by atoms with Crippen LogP contribution in [0, 0.1) is 5.95 Å². The minimum Gasteiger partial charge on any atom is -0.370 e. The first kappa shape index (κ1) is 14.5. The maximum Gasteiger partial charge on any atom is 0.214 e. The Kier molecular flexibility index (Phi) is 5.50. The number of rotatable bonds is 7. The molecule has 0 amide bonds. The van der Waals surface area contributed by atoms with E-state index >= 15 is 0 Å². The fourth-order valence-electron chi connectivity index (χ4n) is 2.05. The van der Waals surface area contributed by atoms with Crippen LogP contribution in [0.4, 0.5) is 10.2 Å². The second-order valence-corrected chi connectivity index (χ2v) is 4.85. The molecule has 3 nitrogen and oxygen atoms in total. The molecule has 1 aromatic carbocycles. The van der Waals surface area contributed by atoms with Gasteiger partial charge in [-0.05, 0) is 37.7 Å². The zero-order chi connectivity index (χ0) is 14.2. The van der Waals surface area contributed by atoms with Crippen molar-refractivity contribution in [3.63, 3.8) is 0 Å². The van der Waals surface area contributed by atoms with Crippen LogP contribution in [0.15, 0.2) is 48.5 Å². The number of halogens is 1. The molecule has 0 aliphatic rings. The lowest BCUT2D eigenvalue weighted by atomic mass is 10.2. The van der Waals surface area contributed by atoms with Crippen molar-refractivity contribution >= 4 is 5.82 Å². The smallest absolute Gasteiger partial charge is 0.214 e. The first-order valence-corrected chi connectivity index (χ1v) is 6.83. The normalized spacial score (nSPS) is 10.8. The lowest BCUT2D eigenvalue weighted by Gasteiger charge is -2.16. The van der Waals surface area contributed by atoms with Gasteiger partial charge in [0.05, 0.1) is 0 Å². The number of benzene rings is 1. The van der Waals surface area contributed by atoms with Crippen LogP contribution in [-0.2, 0) is 6.54 Å². The van der Waals surface area contributed by atoms with Gasteiger partial charge in [-0.25, -0.2) is 4.98 Å². The molecule has 0 aliphatic heterocycles. The van der Waals surface area contributed by atoms with E-state index in [9.17, 15) is 4.39 Å². The molecule has 0 radical (unpaired) electrons. The van der Waals surface area contributed by atoms with Crippen molar-refractivity contribution in [1.29, 1.82) is 0 Å². The van der Waals surface area contributed by atoms with Gasteiger partial charge in [0.2, 0.25) is 5.95 Å². The SMILES string of the molecule is CN(CCCNc1cccc(F)n1)Cc1ccccc1. The number of hydrogen-bond acceptors (Lipinski definition) is 3. The van der Waals surface area contributed by atoms with Gasteiger partial charge in [0.15, 0.2) is 0 Å². The van der Waals surface area contributed by atoms with Crippen LogP contribution in [0.1, 0.15) is 12.0 Å². The van der Waals surface area contributed by atoms with Gasteiger partial charge in [-0.3, -0.25) is 0 Å². The Morgan fingerprint density at radius 3 is 2.65 bits per heavy atom. The third-order valence-corrected chi connectivity index (χ3v) is 3.03. The van der Waals surface area contributed by atoms with E-state index in [0.29, 0.717) is 5.82 Å². The molecule has 2 aromatic rings. The lowest BCUT2D eigenvalue weighted by Crippen LogP contribution is -2.21. The molecular weight excluding hydrogens is 253 g/mol. The second-order valence-electron chi connectivity index (χ2n) is 4.85. The minimum atomic E-state index is -0.448. The largest absolute Gasteiger partial charge is 0.370 e. The number of aromatic nitrogens is 1. The summed E-state index contributed by atoms with van der Waals surface area (Å²) in [6.45, 7) is 2.71. The summed E-state index contributed by atoms with van der Waals surface area (Å²) in [7, 11) is 2.10. The predicted molar refractivity (Wildman–Crippen MR) is 80.1 cm³/mol. The van der Waals surface area contributed by atoms with E-state index < -0.39 is 5.95 Å². The minimum absolute atomic E-state index is 0.448. The van der Waals surface area contributed by atoms with Gasteiger partial charge < -0.3 is 10.2 Å². The molecule has 106 valence electrons. The quantitative estimate of drug-likeness (QED) is 0.620. The van der Waals surface area contributed by atoms with Gasteiger partial charge in [-0.2, -0.15) is 4.39 Å².